The van der Waals surface area contributed by atoms with E-state index in [1.54, 1.807) is 0 Å². The van der Waals surface area contributed by atoms with Crippen LogP contribution in [0.2, 0.25) is 0 Å². The maximum atomic E-state index is 2.51. The first-order valence-corrected chi connectivity index (χ1v) is 20.8. The van der Waals surface area contributed by atoms with Gasteiger partial charge in [-0.05, 0) is 0 Å². The summed E-state index contributed by atoms with van der Waals surface area (Å²) < 4.78 is 2.93. The predicted octanol–water partition coefficient (Wildman–Crippen LogP) is 14.9. The van der Waals surface area contributed by atoms with Gasteiger partial charge in [-0.15, -0.1) is 0 Å². The molecular weight excluding hydrogens is 728 g/mol. The van der Waals surface area contributed by atoms with Crippen LogP contribution in [-0.4, -0.2) is 14.5 Å². The Morgan fingerprint density at radius 3 is 1.27 bits per heavy atom. The van der Waals surface area contributed by atoms with E-state index in [1.807, 2.05) is 0 Å². The van der Waals surface area contributed by atoms with Crippen molar-refractivity contribution in [2.75, 3.05) is 0 Å². The molecule has 0 saturated heterocycles. The van der Waals surface area contributed by atoms with Gasteiger partial charge in [0.25, 0.3) is 0 Å². The van der Waals surface area contributed by atoms with Crippen molar-refractivity contribution in [3.8, 4) is 44.5 Å². The molecule has 55 heavy (non-hydrogen) atoms. The van der Waals surface area contributed by atoms with Crippen molar-refractivity contribution in [2.45, 2.75) is 13.8 Å². The fourth-order valence-electron chi connectivity index (χ4n) is 9.40. The summed E-state index contributed by atoms with van der Waals surface area (Å²) in [6.07, 6.45) is 0. The summed E-state index contributed by atoms with van der Waals surface area (Å²) in [6.45, 7) is 4.50. The summed E-state index contributed by atoms with van der Waals surface area (Å²) >= 11 is 0.125. The Balaban J connectivity index is 1.18. The number of hydrogen-bond acceptors (Lipinski definition) is 0. The number of rotatable bonds is 4. The Bertz CT molecular complexity index is 3190. The SMILES string of the molecule is Cc1cccc(C)c1-c1c2ccccc2c(-c2cccc3c2[se]c2cc(-c4c5ccccc5c(-c5ccccc5)c5ccccc45)ccc23)c2ccccc12. The monoisotopic (exact) mass is 764 g/mol. The number of aryl methyl sites for hydroxylation is 2. The topological polar surface area (TPSA) is 0 Å². The fourth-order valence-corrected chi connectivity index (χ4v) is 12.0. The van der Waals surface area contributed by atoms with Crippen LogP contribution in [0.5, 0.6) is 0 Å². The van der Waals surface area contributed by atoms with Gasteiger partial charge in [-0.2, -0.15) is 0 Å². The molecule has 0 fully saturated rings. The van der Waals surface area contributed by atoms with Crippen LogP contribution in [-0.2, 0) is 0 Å². The van der Waals surface area contributed by atoms with Crippen LogP contribution < -0.4 is 0 Å². The van der Waals surface area contributed by atoms with Gasteiger partial charge in [0.1, 0.15) is 0 Å². The van der Waals surface area contributed by atoms with Crippen LogP contribution >= 0.6 is 0 Å². The van der Waals surface area contributed by atoms with Crippen molar-refractivity contribution < 1.29 is 0 Å². The van der Waals surface area contributed by atoms with Gasteiger partial charge < -0.3 is 0 Å². The second kappa shape index (κ2) is 12.7. The molecule has 1 heterocycles. The molecule has 0 N–H and O–H groups in total. The summed E-state index contributed by atoms with van der Waals surface area (Å²) in [5, 5.41) is 13.2. The Hall–Kier alpha value is -6.24. The Labute approximate surface area is 326 Å². The molecule has 0 aliphatic heterocycles. The quantitative estimate of drug-likeness (QED) is 0.124. The molecule has 0 nitrogen and oxygen atoms in total. The molecule has 11 rings (SSSR count). The molecule has 11 aromatic rings. The van der Waals surface area contributed by atoms with E-state index in [0.717, 1.165) is 0 Å². The van der Waals surface area contributed by atoms with Gasteiger partial charge in [0, 0.05) is 0 Å². The minimum absolute atomic E-state index is 0.125. The number of hydrogen-bond donors (Lipinski definition) is 0. The minimum atomic E-state index is 0.125. The Kier molecular flexibility index (Phi) is 7.42. The fraction of sp³-hybridized carbons (Fsp3) is 0.0370. The van der Waals surface area contributed by atoms with E-state index in [0.29, 0.717) is 0 Å². The average Bonchev–Trinajstić information content (AvgIpc) is 3.61. The van der Waals surface area contributed by atoms with Gasteiger partial charge >= 0.3 is 328 Å². The van der Waals surface area contributed by atoms with E-state index < -0.39 is 0 Å². The van der Waals surface area contributed by atoms with Crippen molar-refractivity contribution in [2.24, 2.45) is 0 Å². The molecule has 10 aromatic carbocycles. The van der Waals surface area contributed by atoms with Crippen molar-refractivity contribution in [1.82, 2.24) is 0 Å². The van der Waals surface area contributed by atoms with E-state index in [4.69, 9.17) is 0 Å². The molecule has 0 radical (unpaired) electrons. The van der Waals surface area contributed by atoms with E-state index in [1.165, 1.54) is 118 Å². The molecule has 0 saturated carbocycles. The van der Waals surface area contributed by atoms with Crippen LogP contribution in [0.4, 0.5) is 0 Å². The zero-order valence-electron chi connectivity index (χ0n) is 30.7. The Morgan fingerprint density at radius 1 is 0.291 bits per heavy atom. The van der Waals surface area contributed by atoms with Crippen LogP contribution in [0.3, 0.4) is 0 Å². The van der Waals surface area contributed by atoms with Gasteiger partial charge in [-0.1, -0.05) is 0 Å². The van der Waals surface area contributed by atoms with Gasteiger partial charge in [0.05, 0.1) is 0 Å². The van der Waals surface area contributed by atoms with E-state index >= 15 is 0 Å². The summed E-state index contributed by atoms with van der Waals surface area (Å²) in [7, 11) is 0. The zero-order valence-corrected chi connectivity index (χ0v) is 32.4. The van der Waals surface area contributed by atoms with E-state index in [2.05, 4.69) is 196 Å². The summed E-state index contributed by atoms with van der Waals surface area (Å²) in [6, 6.07) is 68.0. The molecule has 0 aliphatic rings. The summed E-state index contributed by atoms with van der Waals surface area (Å²) in [5.41, 5.74) is 13.2. The molecule has 258 valence electrons. The second-order valence-electron chi connectivity index (χ2n) is 14.8. The molecule has 0 aliphatic carbocycles. The average molecular weight is 764 g/mol. The summed E-state index contributed by atoms with van der Waals surface area (Å²) in [5.74, 6) is 0. The first kappa shape index (κ1) is 32.2. The molecule has 1 aromatic heterocycles. The second-order valence-corrected chi connectivity index (χ2v) is 17.0. The molecule has 0 spiro atoms. The molecule has 0 bridgehead atoms. The third-order valence-corrected chi connectivity index (χ3v) is 14.2. The number of benzene rings is 10. The van der Waals surface area contributed by atoms with Crippen LogP contribution in [0.1, 0.15) is 11.1 Å². The molecule has 0 amide bonds. The van der Waals surface area contributed by atoms with Crippen molar-refractivity contribution in [3.63, 3.8) is 0 Å². The van der Waals surface area contributed by atoms with Crippen molar-refractivity contribution in [1.29, 1.82) is 0 Å². The summed E-state index contributed by atoms with van der Waals surface area (Å²) in [4.78, 5) is 0. The van der Waals surface area contributed by atoms with Crippen molar-refractivity contribution in [3.05, 3.63) is 193 Å². The van der Waals surface area contributed by atoms with Crippen molar-refractivity contribution >= 4 is 76.9 Å². The van der Waals surface area contributed by atoms with Gasteiger partial charge in [-0.25, -0.2) is 0 Å². The van der Waals surface area contributed by atoms with Crippen LogP contribution in [0, 0.1) is 13.8 Å². The maximum absolute atomic E-state index is 2.51. The third-order valence-electron chi connectivity index (χ3n) is 11.7. The van der Waals surface area contributed by atoms with Crippen LogP contribution in [0.15, 0.2) is 182 Å². The molecule has 1 heteroatoms. The zero-order chi connectivity index (χ0) is 36.6. The van der Waals surface area contributed by atoms with Crippen LogP contribution in [0.25, 0.3) is 107 Å². The van der Waals surface area contributed by atoms with E-state index in [-0.39, 0.29) is 14.5 Å². The van der Waals surface area contributed by atoms with Gasteiger partial charge in [0.2, 0.25) is 0 Å². The predicted molar refractivity (Wildman–Crippen MR) is 240 cm³/mol. The van der Waals surface area contributed by atoms with E-state index in [9.17, 15) is 0 Å². The van der Waals surface area contributed by atoms with Gasteiger partial charge in [-0.3, -0.25) is 0 Å². The van der Waals surface area contributed by atoms with Gasteiger partial charge in [0.15, 0.2) is 0 Å². The number of fused-ring (bicyclic) bond motifs is 7. The molecular formula is C54H36Se. The molecule has 0 atom stereocenters. The third kappa shape index (κ3) is 4.91. The normalized spacial score (nSPS) is 11.8. The Morgan fingerprint density at radius 2 is 0.727 bits per heavy atom. The standard InChI is InChI=1S/C54H36Se/c1-33-16-14-17-34(2)49(33)53-44-26-12-10-24-42(44)52(43-25-11-13-27-45(43)53)47-29-15-28-46-37-31-30-36(32-48(37)55-54(46)47)51-40-22-8-6-20-38(40)50(35-18-4-3-5-19-35)39-21-7-9-23-41(39)51/h3-32H,1-2H3. The first-order valence-electron chi connectivity index (χ1n) is 19.1. The molecule has 0 unspecified atom stereocenters. The first-order chi connectivity index (χ1) is 27.2.